The third kappa shape index (κ3) is 3.37. The Morgan fingerprint density at radius 1 is 1.11 bits per heavy atom. The molecule has 0 atom stereocenters. The van der Waals surface area contributed by atoms with Crippen molar-refractivity contribution in [1.82, 2.24) is 10.3 Å². The third-order valence-electron chi connectivity index (χ3n) is 2.73. The number of hydrogen-bond donors (Lipinski definition) is 1. The van der Waals surface area contributed by atoms with Gasteiger partial charge in [-0.25, -0.2) is 4.39 Å². The molecule has 2 aromatic rings. The van der Waals surface area contributed by atoms with Crippen molar-refractivity contribution in [2.75, 3.05) is 6.54 Å². The number of benzene rings is 1. The summed E-state index contributed by atoms with van der Waals surface area (Å²) >= 11 is 0. The number of aromatic nitrogens is 1. The second kappa shape index (κ2) is 6.26. The Labute approximate surface area is 107 Å². The average molecular weight is 244 g/mol. The lowest BCUT2D eigenvalue weighted by Crippen LogP contribution is -2.13. The van der Waals surface area contributed by atoms with E-state index in [1.807, 2.05) is 6.20 Å². The van der Waals surface area contributed by atoms with Gasteiger partial charge in [0.15, 0.2) is 0 Å². The van der Waals surface area contributed by atoms with Crippen molar-refractivity contribution in [2.24, 2.45) is 0 Å². The number of nitrogens with one attached hydrogen (secondary N) is 1. The Morgan fingerprint density at radius 2 is 1.89 bits per heavy atom. The molecule has 0 saturated carbocycles. The van der Waals surface area contributed by atoms with E-state index in [1.165, 1.54) is 12.1 Å². The van der Waals surface area contributed by atoms with Gasteiger partial charge >= 0.3 is 0 Å². The second-order valence-corrected chi connectivity index (χ2v) is 4.27. The van der Waals surface area contributed by atoms with Crippen LogP contribution in [0.3, 0.4) is 0 Å². The van der Waals surface area contributed by atoms with Crippen LogP contribution >= 0.6 is 0 Å². The van der Waals surface area contributed by atoms with Gasteiger partial charge in [-0.1, -0.05) is 19.1 Å². The molecule has 94 valence electrons. The zero-order valence-electron chi connectivity index (χ0n) is 10.5. The zero-order valence-corrected chi connectivity index (χ0v) is 10.5. The smallest absolute Gasteiger partial charge is 0.123 e. The number of halogens is 1. The van der Waals surface area contributed by atoms with Crippen LogP contribution < -0.4 is 5.32 Å². The minimum absolute atomic E-state index is 0.215. The van der Waals surface area contributed by atoms with Crippen molar-refractivity contribution in [3.05, 3.63) is 54.1 Å². The van der Waals surface area contributed by atoms with Gasteiger partial charge in [-0.05, 0) is 42.3 Å². The Kier molecular flexibility index (Phi) is 4.42. The molecule has 2 rings (SSSR count). The lowest BCUT2D eigenvalue weighted by Gasteiger charge is -2.06. The van der Waals surface area contributed by atoms with Gasteiger partial charge in [-0.15, -0.1) is 0 Å². The van der Waals surface area contributed by atoms with Gasteiger partial charge in [-0.2, -0.15) is 0 Å². The van der Waals surface area contributed by atoms with Gasteiger partial charge in [0.2, 0.25) is 0 Å². The molecule has 0 aliphatic rings. The maximum atomic E-state index is 12.9. The molecule has 0 fully saturated rings. The number of rotatable bonds is 5. The normalized spacial score (nSPS) is 10.6. The quantitative estimate of drug-likeness (QED) is 0.815. The van der Waals surface area contributed by atoms with Crippen LogP contribution in [0.5, 0.6) is 0 Å². The first-order chi connectivity index (χ1) is 8.79. The summed E-state index contributed by atoms with van der Waals surface area (Å²) in [5.74, 6) is -0.215. The zero-order chi connectivity index (χ0) is 12.8. The highest BCUT2D eigenvalue weighted by Crippen LogP contribution is 2.19. The number of hydrogen-bond acceptors (Lipinski definition) is 2. The molecule has 1 heterocycles. The molecule has 2 nitrogen and oxygen atoms in total. The van der Waals surface area contributed by atoms with E-state index in [2.05, 4.69) is 23.3 Å². The van der Waals surface area contributed by atoms with Crippen LogP contribution in [-0.4, -0.2) is 11.5 Å². The summed E-state index contributed by atoms with van der Waals surface area (Å²) in [6.07, 6.45) is 4.78. The van der Waals surface area contributed by atoms with Crippen molar-refractivity contribution in [2.45, 2.75) is 19.9 Å². The average Bonchev–Trinajstić information content (AvgIpc) is 2.40. The topological polar surface area (TPSA) is 24.9 Å². The van der Waals surface area contributed by atoms with Crippen molar-refractivity contribution in [3.8, 4) is 11.1 Å². The van der Waals surface area contributed by atoms with Crippen molar-refractivity contribution in [1.29, 1.82) is 0 Å². The Morgan fingerprint density at radius 3 is 2.61 bits per heavy atom. The summed E-state index contributed by atoms with van der Waals surface area (Å²) in [6.45, 7) is 3.96. The van der Waals surface area contributed by atoms with Crippen LogP contribution in [0.1, 0.15) is 18.9 Å². The minimum atomic E-state index is -0.215. The highest BCUT2D eigenvalue weighted by Gasteiger charge is 2.00. The molecule has 0 spiro atoms. The van der Waals surface area contributed by atoms with E-state index in [4.69, 9.17) is 0 Å². The molecule has 0 saturated heterocycles. The van der Waals surface area contributed by atoms with E-state index in [0.29, 0.717) is 0 Å². The summed E-state index contributed by atoms with van der Waals surface area (Å²) in [5, 5.41) is 3.34. The maximum absolute atomic E-state index is 12.9. The molecule has 1 aromatic carbocycles. The summed E-state index contributed by atoms with van der Waals surface area (Å²) in [4.78, 5) is 4.23. The Bertz CT molecular complexity index is 494. The lowest BCUT2D eigenvalue weighted by molar-refractivity contribution is 0.628. The lowest BCUT2D eigenvalue weighted by atomic mass is 10.1. The fraction of sp³-hybridized carbons (Fsp3) is 0.267. The second-order valence-electron chi connectivity index (χ2n) is 4.27. The van der Waals surface area contributed by atoms with Gasteiger partial charge in [0.1, 0.15) is 5.82 Å². The van der Waals surface area contributed by atoms with Crippen molar-refractivity contribution < 1.29 is 4.39 Å². The van der Waals surface area contributed by atoms with Crippen LogP contribution in [0.25, 0.3) is 11.1 Å². The highest BCUT2D eigenvalue weighted by atomic mass is 19.1. The first-order valence-electron chi connectivity index (χ1n) is 6.20. The van der Waals surface area contributed by atoms with E-state index in [0.717, 1.165) is 36.2 Å². The van der Waals surface area contributed by atoms with Gasteiger partial charge in [0, 0.05) is 24.5 Å². The minimum Gasteiger partial charge on any atom is -0.313 e. The molecular formula is C15H17FN2. The van der Waals surface area contributed by atoms with Crippen molar-refractivity contribution in [3.63, 3.8) is 0 Å². The van der Waals surface area contributed by atoms with Crippen LogP contribution in [-0.2, 0) is 6.54 Å². The first kappa shape index (κ1) is 12.7. The maximum Gasteiger partial charge on any atom is 0.123 e. The van der Waals surface area contributed by atoms with Crippen LogP contribution in [0.4, 0.5) is 4.39 Å². The van der Waals surface area contributed by atoms with E-state index in [1.54, 1.807) is 18.3 Å². The fourth-order valence-electron chi connectivity index (χ4n) is 1.79. The largest absolute Gasteiger partial charge is 0.313 e. The summed E-state index contributed by atoms with van der Waals surface area (Å²) in [7, 11) is 0. The predicted octanol–water partition coefficient (Wildman–Crippen LogP) is 3.39. The van der Waals surface area contributed by atoms with Crippen molar-refractivity contribution >= 4 is 0 Å². The molecule has 0 aliphatic carbocycles. The fourth-order valence-corrected chi connectivity index (χ4v) is 1.79. The summed E-state index contributed by atoms with van der Waals surface area (Å²) in [6, 6.07) is 8.57. The molecule has 0 aliphatic heterocycles. The van der Waals surface area contributed by atoms with Gasteiger partial charge < -0.3 is 5.32 Å². The first-order valence-corrected chi connectivity index (χ1v) is 6.20. The molecule has 1 aromatic heterocycles. The van der Waals surface area contributed by atoms with Crippen LogP contribution in [0.2, 0.25) is 0 Å². The molecule has 0 unspecified atom stereocenters. The third-order valence-corrected chi connectivity index (χ3v) is 2.73. The van der Waals surface area contributed by atoms with E-state index < -0.39 is 0 Å². The molecule has 3 heteroatoms. The Balaban J connectivity index is 2.13. The number of pyridine rings is 1. The molecule has 1 N–H and O–H groups in total. The summed E-state index contributed by atoms with van der Waals surface area (Å²) < 4.78 is 12.9. The monoisotopic (exact) mass is 244 g/mol. The van der Waals surface area contributed by atoms with Crippen LogP contribution in [0, 0.1) is 5.82 Å². The Hall–Kier alpha value is -1.74. The molecule has 18 heavy (non-hydrogen) atoms. The standard InChI is InChI=1S/C15H17FN2/c1-2-7-17-9-12-8-14(11-18-10-12)13-3-5-15(16)6-4-13/h3-6,8,10-11,17H,2,7,9H2,1H3. The SMILES string of the molecule is CCCNCc1cncc(-c2ccc(F)cc2)c1. The predicted molar refractivity (Wildman–Crippen MR) is 71.6 cm³/mol. The van der Waals surface area contributed by atoms with E-state index in [9.17, 15) is 4.39 Å². The van der Waals surface area contributed by atoms with Gasteiger partial charge in [-0.3, -0.25) is 4.98 Å². The molecule has 0 amide bonds. The van der Waals surface area contributed by atoms with Gasteiger partial charge in [0.25, 0.3) is 0 Å². The molecule has 0 bridgehead atoms. The van der Waals surface area contributed by atoms with E-state index >= 15 is 0 Å². The van der Waals surface area contributed by atoms with Gasteiger partial charge in [0.05, 0.1) is 0 Å². The van der Waals surface area contributed by atoms with Crippen LogP contribution in [0.15, 0.2) is 42.7 Å². The number of nitrogens with zero attached hydrogens (tertiary/aromatic N) is 1. The molecular weight excluding hydrogens is 227 g/mol. The molecule has 0 radical (unpaired) electrons. The summed E-state index contributed by atoms with van der Waals surface area (Å²) in [5.41, 5.74) is 3.15. The highest BCUT2D eigenvalue weighted by molar-refractivity contribution is 5.62. The van der Waals surface area contributed by atoms with E-state index in [-0.39, 0.29) is 5.82 Å².